The molecule has 0 bridgehead atoms. The van der Waals surface area contributed by atoms with E-state index in [0.717, 1.165) is 19.3 Å². The lowest BCUT2D eigenvalue weighted by molar-refractivity contribution is 0.824. The van der Waals surface area contributed by atoms with E-state index < -0.39 is 0 Å². The fourth-order valence-corrected chi connectivity index (χ4v) is 6.40. The monoisotopic (exact) mass is 448 g/mol. The van der Waals surface area contributed by atoms with Crippen LogP contribution in [-0.2, 0) is 6.42 Å². The summed E-state index contributed by atoms with van der Waals surface area (Å²) in [5.41, 5.74) is 14.4. The van der Waals surface area contributed by atoms with Crippen LogP contribution in [0, 0.1) is 0 Å². The van der Waals surface area contributed by atoms with Crippen LogP contribution in [0.25, 0.3) is 39.1 Å². The molecule has 2 aliphatic carbocycles. The lowest BCUT2D eigenvalue weighted by atomic mass is 9.82. The molecule has 168 valence electrons. The average molecular weight is 449 g/mol. The van der Waals surface area contributed by atoms with Crippen molar-refractivity contribution in [3.05, 3.63) is 137 Å². The van der Waals surface area contributed by atoms with Crippen LogP contribution in [0.5, 0.6) is 0 Å². The van der Waals surface area contributed by atoms with Crippen LogP contribution < -0.4 is 0 Å². The quantitative estimate of drug-likeness (QED) is 0.252. The van der Waals surface area contributed by atoms with Gasteiger partial charge in [0.05, 0.1) is 0 Å². The first kappa shape index (κ1) is 20.5. The van der Waals surface area contributed by atoms with Gasteiger partial charge >= 0.3 is 0 Å². The van der Waals surface area contributed by atoms with Crippen molar-refractivity contribution in [1.29, 1.82) is 0 Å². The summed E-state index contributed by atoms with van der Waals surface area (Å²) in [6.07, 6.45) is 5.84. The van der Waals surface area contributed by atoms with Gasteiger partial charge in [-0.3, -0.25) is 0 Å². The van der Waals surface area contributed by atoms with Crippen molar-refractivity contribution in [1.82, 2.24) is 0 Å². The summed E-state index contributed by atoms with van der Waals surface area (Å²) < 4.78 is 0. The number of rotatable bonds is 4. The van der Waals surface area contributed by atoms with E-state index in [0.29, 0.717) is 5.92 Å². The van der Waals surface area contributed by atoms with Crippen molar-refractivity contribution in [2.45, 2.75) is 32.1 Å². The second-order valence-corrected chi connectivity index (χ2v) is 9.98. The highest BCUT2D eigenvalue weighted by atomic mass is 14.4. The zero-order valence-electron chi connectivity index (χ0n) is 20.1. The van der Waals surface area contributed by atoms with Gasteiger partial charge in [-0.1, -0.05) is 122 Å². The van der Waals surface area contributed by atoms with Crippen LogP contribution in [0.1, 0.15) is 53.5 Å². The summed E-state index contributed by atoms with van der Waals surface area (Å²) in [5, 5.41) is 2.59. The van der Waals surface area contributed by atoms with Crippen molar-refractivity contribution in [2.75, 3.05) is 0 Å². The first-order chi connectivity index (χ1) is 17.3. The number of fused-ring (bicyclic) bond motifs is 5. The zero-order chi connectivity index (χ0) is 23.4. The van der Waals surface area contributed by atoms with Crippen LogP contribution in [0.4, 0.5) is 0 Å². The molecule has 0 radical (unpaired) electrons. The molecule has 0 fully saturated rings. The maximum absolute atomic E-state index is 2.51. The number of hydrogen-bond donors (Lipinski definition) is 0. The summed E-state index contributed by atoms with van der Waals surface area (Å²) in [6, 6.07) is 38.4. The van der Waals surface area contributed by atoms with E-state index in [1.807, 2.05) is 0 Å². The minimum atomic E-state index is 0.342. The fourth-order valence-electron chi connectivity index (χ4n) is 6.40. The van der Waals surface area contributed by atoms with E-state index in [-0.39, 0.29) is 0 Å². The highest BCUT2D eigenvalue weighted by Gasteiger charge is 2.32. The highest BCUT2D eigenvalue weighted by molar-refractivity contribution is 5.91. The molecule has 0 heteroatoms. The van der Waals surface area contributed by atoms with Gasteiger partial charge in [0.1, 0.15) is 0 Å². The third-order valence-electron chi connectivity index (χ3n) is 7.95. The SMILES string of the molecule is CCCC1=Cc2c(-c3ccc4ccccc4c3)cccc2C1c1cccc2c1Cc1ccccc1-2. The molecular formula is C35H28. The summed E-state index contributed by atoms with van der Waals surface area (Å²) in [5.74, 6) is 0.342. The molecule has 0 aromatic heterocycles. The lowest BCUT2D eigenvalue weighted by Gasteiger charge is -2.21. The summed E-state index contributed by atoms with van der Waals surface area (Å²) in [6.45, 7) is 2.30. The number of hydrogen-bond acceptors (Lipinski definition) is 0. The van der Waals surface area contributed by atoms with E-state index in [9.17, 15) is 0 Å². The zero-order valence-corrected chi connectivity index (χ0v) is 20.1. The average Bonchev–Trinajstić information content (AvgIpc) is 3.47. The Kier molecular flexibility index (Phi) is 4.74. The molecule has 0 heterocycles. The minimum absolute atomic E-state index is 0.342. The van der Waals surface area contributed by atoms with E-state index in [1.54, 1.807) is 5.57 Å². The van der Waals surface area contributed by atoms with Gasteiger partial charge in [0.2, 0.25) is 0 Å². The maximum atomic E-state index is 2.51. The molecule has 5 aromatic rings. The molecule has 0 spiro atoms. The highest BCUT2D eigenvalue weighted by Crippen LogP contribution is 2.50. The van der Waals surface area contributed by atoms with Crippen LogP contribution >= 0.6 is 0 Å². The topological polar surface area (TPSA) is 0 Å². The Balaban J connectivity index is 1.40. The molecule has 0 saturated carbocycles. The van der Waals surface area contributed by atoms with E-state index in [2.05, 4.69) is 116 Å². The van der Waals surface area contributed by atoms with Crippen molar-refractivity contribution in [3.8, 4) is 22.3 Å². The van der Waals surface area contributed by atoms with Gasteiger partial charge < -0.3 is 0 Å². The molecule has 35 heavy (non-hydrogen) atoms. The molecule has 7 rings (SSSR count). The first-order valence-corrected chi connectivity index (χ1v) is 12.8. The second kappa shape index (κ2) is 8.10. The minimum Gasteiger partial charge on any atom is -0.0651 e. The Morgan fingerprint density at radius 2 is 1.40 bits per heavy atom. The second-order valence-electron chi connectivity index (χ2n) is 9.98. The van der Waals surface area contributed by atoms with Gasteiger partial charge in [-0.2, -0.15) is 0 Å². The largest absolute Gasteiger partial charge is 0.0651 e. The van der Waals surface area contributed by atoms with E-state index >= 15 is 0 Å². The smallest absolute Gasteiger partial charge is 0.0311 e. The normalized spacial score (nSPS) is 15.6. The molecular weight excluding hydrogens is 420 g/mol. The molecule has 2 aliphatic rings. The van der Waals surface area contributed by atoms with Gasteiger partial charge in [-0.05, 0) is 79.8 Å². The van der Waals surface area contributed by atoms with Crippen LogP contribution in [0.2, 0.25) is 0 Å². The fraction of sp³-hybridized carbons (Fsp3) is 0.143. The Labute approximate surface area is 207 Å². The molecule has 0 N–H and O–H groups in total. The Morgan fingerprint density at radius 1 is 0.657 bits per heavy atom. The Bertz CT molecular complexity index is 1630. The van der Waals surface area contributed by atoms with E-state index in [1.165, 1.54) is 60.8 Å². The summed E-state index contributed by atoms with van der Waals surface area (Å²) >= 11 is 0. The lowest BCUT2D eigenvalue weighted by Crippen LogP contribution is -2.05. The molecule has 1 unspecified atom stereocenters. The van der Waals surface area contributed by atoms with Gasteiger partial charge in [-0.15, -0.1) is 0 Å². The van der Waals surface area contributed by atoms with Gasteiger partial charge in [0, 0.05) is 5.92 Å². The van der Waals surface area contributed by atoms with Gasteiger partial charge in [-0.25, -0.2) is 0 Å². The van der Waals surface area contributed by atoms with Crippen LogP contribution in [0.3, 0.4) is 0 Å². The third-order valence-corrected chi connectivity index (χ3v) is 7.95. The van der Waals surface area contributed by atoms with Crippen molar-refractivity contribution < 1.29 is 0 Å². The standard InChI is InChI=1S/C35H28/c1-2-9-27-22-33-29(26-19-18-23-10-3-4-11-24(23)20-26)14-7-16-31(33)35(27)32-17-8-15-30-28-13-6-5-12-25(28)21-34(30)32/h3-8,10-20,22,35H,2,9,21H2,1H3. The Morgan fingerprint density at radius 3 is 2.29 bits per heavy atom. The molecule has 0 saturated heterocycles. The predicted octanol–water partition coefficient (Wildman–Crippen LogP) is 9.41. The molecule has 0 nitrogen and oxygen atoms in total. The van der Waals surface area contributed by atoms with Crippen molar-refractivity contribution in [2.24, 2.45) is 0 Å². The van der Waals surface area contributed by atoms with Crippen molar-refractivity contribution in [3.63, 3.8) is 0 Å². The predicted molar refractivity (Wildman–Crippen MR) is 149 cm³/mol. The first-order valence-electron chi connectivity index (χ1n) is 12.8. The Hall–Kier alpha value is -3.90. The van der Waals surface area contributed by atoms with Crippen LogP contribution in [0.15, 0.2) is 109 Å². The third kappa shape index (κ3) is 3.21. The summed E-state index contributed by atoms with van der Waals surface area (Å²) in [7, 11) is 0. The number of allylic oxidation sites excluding steroid dienone is 1. The van der Waals surface area contributed by atoms with Gasteiger partial charge in [0.25, 0.3) is 0 Å². The van der Waals surface area contributed by atoms with Crippen molar-refractivity contribution >= 4 is 16.8 Å². The van der Waals surface area contributed by atoms with Crippen LogP contribution in [-0.4, -0.2) is 0 Å². The molecule has 0 amide bonds. The molecule has 5 aromatic carbocycles. The molecule has 0 aliphatic heterocycles. The number of benzene rings is 5. The van der Waals surface area contributed by atoms with E-state index in [4.69, 9.17) is 0 Å². The molecule has 1 atom stereocenters. The summed E-state index contributed by atoms with van der Waals surface area (Å²) in [4.78, 5) is 0. The maximum Gasteiger partial charge on any atom is 0.0311 e. The van der Waals surface area contributed by atoms with Gasteiger partial charge in [0.15, 0.2) is 0 Å².